The zero-order valence-corrected chi connectivity index (χ0v) is 21.4. The Kier molecular flexibility index (Phi) is 7.17. The molecule has 0 unspecified atom stereocenters. The molecule has 2 aromatic rings. The van der Waals surface area contributed by atoms with Crippen LogP contribution in [-0.4, -0.2) is 52.3 Å². The van der Waals surface area contributed by atoms with Crippen LogP contribution < -0.4 is 5.32 Å². The molecule has 2 atom stereocenters. The zero-order valence-electron chi connectivity index (χ0n) is 20.6. The van der Waals surface area contributed by atoms with Crippen molar-refractivity contribution in [3.63, 3.8) is 0 Å². The first-order valence-electron chi connectivity index (χ1n) is 13.1. The number of fused-ring (bicyclic) bond motifs is 2. The SMILES string of the molecule is C[C@]1(C(=O)NC2CCCCCC2)CN2Cc3ccccc3C[C@@H]2C(=O)N1CCc1ccc(Cl)cc1. The van der Waals surface area contributed by atoms with Crippen LogP contribution in [-0.2, 0) is 29.0 Å². The van der Waals surface area contributed by atoms with E-state index in [1.165, 1.54) is 24.0 Å². The van der Waals surface area contributed by atoms with Crippen molar-refractivity contribution in [2.75, 3.05) is 13.1 Å². The maximum absolute atomic E-state index is 14.0. The van der Waals surface area contributed by atoms with Gasteiger partial charge in [0.2, 0.25) is 11.8 Å². The molecule has 0 aromatic heterocycles. The highest BCUT2D eigenvalue weighted by Crippen LogP contribution is 2.34. The smallest absolute Gasteiger partial charge is 0.247 e. The van der Waals surface area contributed by atoms with Crippen LogP contribution in [0.2, 0.25) is 5.02 Å². The minimum atomic E-state index is -0.904. The van der Waals surface area contributed by atoms with Gasteiger partial charge in [-0.3, -0.25) is 14.5 Å². The van der Waals surface area contributed by atoms with Gasteiger partial charge in [0.1, 0.15) is 5.54 Å². The molecule has 2 amide bonds. The van der Waals surface area contributed by atoms with Gasteiger partial charge in [-0.05, 0) is 61.4 Å². The third-order valence-electron chi connectivity index (χ3n) is 8.22. The Morgan fingerprint density at radius 2 is 1.71 bits per heavy atom. The highest BCUT2D eigenvalue weighted by atomic mass is 35.5. The molecule has 2 aliphatic heterocycles. The summed E-state index contributed by atoms with van der Waals surface area (Å²) in [6, 6.07) is 16.1. The van der Waals surface area contributed by atoms with E-state index in [-0.39, 0.29) is 23.9 Å². The van der Waals surface area contributed by atoms with Gasteiger partial charge >= 0.3 is 0 Å². The molecule has 0 radical (unpaired) electrons. The van der Waals surface area contributed by atoms with E-state index in [4.69, 9.17) is 11.6 Å². The van der Waals surface area contributed by atoms with Gasteiger partial charge < -0.3 is 10.2 Å². The van der Waals surface area contributed by atoms with Crippen LogP contribution in [0.3, 0.4) is 0 Å². The van der Waals surface area contributed by atoms with Crippen molar-refractivity contribution in [3.8, 4) is 0 Å². The number of hydrogen-bond donors (Lipinski definition) is 1. The molecule has 3 aliphatic rings. The van der Waals surface area contributed by atoms with Crippen LogP contribution in [0.5, 0.6) is 0 Å². The molecule has 0 bridgehead atoms. The summed E-state index contributed by atoms with van der Waals surface area (Å²) in [5.74, 6) is 0.0596. The van der Waals surface area contributed by atoms with Crippen LogP contribution in [0.1, 0.15) is 62.1 Å². The summed E-state index contributed by atoms with van der Waals surface area (Å²) in [4.78, 5) is 32.0. The average Bonchev–Trinajstić information content (AvgIpc) is 3.13. The highest BCUT2D eigenvalue weighted by molar-refractivity contribution is 6.30. The third kappa shape index (κ3) is 5.12. The Morgan fingerprint density at radius 3 is 2.43 bits per heavy atom. The number of nitrogens with one attached hydrogen (secondary N) is 1. The lowest BCUT2D eigenvalue weighted by Crippen LogP contribution is -2.73. The Labute approximate surface area is 213 Å². The number of piperazine rings is 1. The van der Waals surface area contributed by atoms with Crippen LogP contribution in [0.25, 0.3) is 0 Å². The van der Waals surface area contributed by atoms with E-state index in [2.05, 4.69) is 28.4 Å². The molecule has 2 aromatic carbocycles. The largest absolute Gasteiger partial charge is 0.351 e. The summed E-state index contributed by atoms with van der Waals surface area (Å²) in [7, 11) is 0. The second-order valence-corrected chi connectivity index (χ2v) is 11.1. The van der Waals surface area contributed by atoms with Gasteiger partial charge in [0.25, 0.3) is 0 Å². The number of carbonyl (C=O) groups excluding carboxylic acids is 2. The fraction of sp³-hybridized carbons (Fsp3) is 0.517. The van der Waals surface area contributed by atoms with Crippen molar-refractivity contribution >= 4 is 23.4 Å². The first kappa shape index (κ1) is 24.3. The monoisotopic (exact) mass is 493 g/mol. The van der Waals surface area contributed by atoms with E-state index in [0.717, 1.165) is 31.2 Å². The van der Waals surface area contributed by atoms with E-state index in [1.807, 2.05) is 42.2 Å². The topological polar surface area (TPSA) is 52.7 Å². The number of rotatable bonds is 5. The molecule has 2 heterocycles. The van der Waals surface area contributed by atoms with Gasteiger partial charge in [0.05, 0.1) is 6.04 Å². The Bertz CT molecular complexity index is 1060. The second-order valence-electron chi connectivity index (χ2n) is 10.7. The lowest BCUT2D eigenvalue weighted by atomic mass is 9.85. The molecule has 2 fully saturated rings. The number of hydrogen-bond acceptors (Lipinski definition) is 3. The molecule has 1 N–H and O–H groups in total. The van der Waals surface area contributed by atoms with Crippen molar-refractivity contribution in [1.29, 1.82) is 0 Å². The minimum Gasteiger partial charge on any atom is -0.351 e. The average molecular weight is 494 g/mol. The quantitative estimate of drug-likeness (QED) is 0.611. The summed E-state index contributed by atoms with van der Waals surface area (Å²) in [5, 5.41) is 4.06. The maximum Gasteiger partial charge on any atom is 0.247 e. The van der Waals surface area contributed by atoms with Crippen molar-refractivity contribution in [2.24, 2.45) is 0 Å². The number of carbonyl (C=O) groups is 2. The van der Waals surface area contributed by atoms with E-state index in [0.29, 0.717) is 37.5 Å². The van der Waals surface area contributed by atoms with E-state index < -0.39 is 5.54 Å². The number of nitrogens with zero attached hydrogens (tertiary/aromatic N) is 2. The predicted octanol–water partition coefficient (Wildman–Crippen LogP) is 4.75. The van der Waals surface area contributed by atoms with E-state index in [9.17, 15) is 9.59 Å². The fourth-order valence-corrected chi connectivity index (χ4v) is 6.22. The lowest BCUT2D eigenvalue weighted by Gasteiger charge is -2.52. The van der Waals surface area contributed by atoms with Crippen LogP contribution in [0.4, 0.5) is 0 Å². The highest BCUT2D eigenvalue weighted by Gasteiger charge is 2.52. The third-order valence-corrected chi connectivity index (χ3v) is 8.47. The summed E-state index contributed by atoms with van der Waals surface area (Å²) in [5.41, 5.74) is 2.72. The van der Waals surface area contributed by atoms with Crippen molar-refractivity contribution < 1.29 is 9.59 Å². The normalized spacial score (nSPS) is 25.5. The molecule has 0 spiro atoms. The van der Waals surface area contributed by atoms with Gasteiger partial charge in [-0.15, -0.1) is 0 Å². The Hall–Kier alpha value is -2.37. The van der Waals surface area contributed by atoms with Crippen molar-refractivity contribution in [2.45, 2.75) is 82.5 Å². The fourth-order valence-electron chi connectivity index (χ4n) is 6.10. The van der Waals surface area contributed by atoms with Gasteiger partial charge in [-0.2, -0.15) is 0 Å². The van der Waals surface area contributed by atoms with Crippen LogP contribution >= 0.6 is 11.6 Å². The second kappa shape index (κ2) is 10.3. The van der Waals surface area contributed by atoms with Gasteiger partial charge in [-0.1, -0.05) is 73.7 Å². The van der Waals surface area contributed by atoms with Crippen molar-refractivity contribution in [1.82, 2.24) is 15.1 Å². The van der Waals surface area contributed by atoms with Gasteiger partial charge in [-0.25, -0.2) is 0 Å². The van der Waals surface area contributed by atoms with Gasteiger partial charge in [0, 0.05) is 30.7 Å². The van der Waals surface area contributed by atoms with Gasteiger partial charge in [0.15, 0.2) is 0 Å². The number of amides is 2. The van der Waals surface area contributed by atoms with Crippen molar-refractivity contribution in [3.05, 3.63) is 70.2 Å². The predicted molar refractivity (Wildman–Crippen MR) is 139 cm³/mol. The summed E-state index contributed by atoms with van der Waals surface area (Å²) in [6.07, 6.45) is 8.25. The first-order chi connectivity index (χ1) is 16.9. The van der Waals surface area contributed by atoms with Crippen LogP contribution in [0, 0.1) is 0 Å². The maximum atomic E-state index is 14.0. The lowest BCUT2D eigenvalue weighted by molar-refractivity contribution is -0.162. The van der Waals surface area contributed by atoms with Crippen LogP contribution in [0.15, 0.2) is 48.5 Å². The Morgan fingerprint density at radius 1 is 1.03 bits per heavy atom. The molecule has 5 nitrogen and oxygen atoms in total. The standard InChI is InChI=1S/C29H36ClN3O2/c1-29(28(35)31-25-10-4-2-3-5-11-25)20-32-19-23-9-7-6-8-22(23)18-26(32)27(34)33(29)17-16-21-12-14-24(30)15-13-21/h6-9,12-15,25-26H,2-5,10-11,16-20H2,1H3,(H,31,35)/t26-,29-/m1/s1. The molecule has 1 aliphatic carbocycles. The number of benzene rings is 2. The number of halogens is 1. The summed E-state index contributed by atoms with van der Waals surface area (Å²) < 4.78 is 0. The molecule has 35 heavy (non-hydrogen) atoms. The van der Waals surface area contributed by atoms with E-state index >= 15 is 0 Å². The molecule has 6 heteroatoms. The molecule has 5 rings (SSSR count). The Balaban J connectivity index is 1.41. The minimum absolute atomic E-state index is 0.00818. The van der Waals surface area contributed by atoms with E-state index in [1.54, 1.807) is 0 Å². The summed E-state index contributed by atoms with van der Waals surface area (Å²) >= 11 is 6.07. The molecule has 186 valence electrons. The zero-order chi connectivity index (χ0) is 24.4. The first-order valence-corrected chi connectivity index (χ1v) is 13.5. The molecule has 1 saturated heterocycles. The molecular formula is C29H36ClN3O2. The molecule has 1 saturated carbocycles. The summed E-state index contributed by atoms with van der Waals surface area (Å²) in [6.45, 7) is 3.75. The molecular weight excluding hydrogens is 458 g/mol.